The van der Waals surface area contributed by atoms with Gasteiger partial charge >= 0.3 is 5.97 Å². The number of thiol groups is 1. The predicted molar refractivity (Wildman–Crippen MR) is 307 cm³/mol. The quantitative estimate of drug-likeness (QED) is 0.0280. The number of hydrogen-bond acceptors (Lipinski definition) is 16. The van der Waals surface area contributed by atoms with Gasteiger partial charge in [-0.25, -0.2) is 4.79 Å². The summed E-state index contributed by atoms with van der Waals surface area (Å²) < 4.78 is 0. The van der Waals surface area contributed by atoms with Crippen LogP contribution in [0.25, 0.3) is 0 Å². The lowest BCUT2D eigenvalue weighted by Gasteiger charge is -2.28. The molecule has 0 aromatic heterocycles. The van der Waals surface area contributed by atoms with Crippen molar-refractivity contribution in [3.63, 3.8) is 0 Å². The van der Waals surface area contributed by atoms with Crippen LogP contribution in [-0.2, 0) is 54.4 Å². The van der Waals surface area contributed by atoms with Gasteiger partial charge in [-0.1, -0.05) is 78.3 Å². The third-order valence-corrected chi connectivity index (χ3v) is 13.6. The zero-order valence-electron chi connectivity index (χ0n) is 47.4. The number of rotatable bonds is 39. The van der Waals surface area contributed by atoms with E-state index in [9.17, 15) is 58.2 Å². The van der Waals surface area contributed by atoms with E-state index in [2.05, 4.69) is 60.5 Å². The summed E-state index contributed by atoms with van der Waals surface area (Å²) in [7, 11) is 0. The van der Waals surface area contributed by atoms with Gasteiger partial charge < -0.3 is 75.3 Å². The van der Waals surface area contributed by atoms with Gasteiger partial charge in [0.2, 0.25) is 53.2 Å². The van der Waals surface area contributed by atoms with Crippen molar-refractivity contribution >= 4 is 83.5 Å². The molecule has 0 fully saturated rings. The van der Waals surface area contributed by atoms with E-state index in [0.29, 0.717) is 50.0 Å². The van der Waals surface area contributed by atoms with Gasteiger partial charge in [0.15, 0.2) is 0 Å². The van der Waals surface area contributed by atoms with E-state index in [1.165, 1.54) is 25.6 Å². The largest absolute Gasteiger partial charge is 0.480 e. The number of aliphatic hydroxyl groups is 1. The molecule has 1 aromatic carbocycles. The second kappa shape index (κ2) is 38.2. The number of thioether (sulfide) groups is 1. The Bertz CT molecular complexity index is 2110. The molecule has 0 spiro atoms. The molecule has 0 bridgehead atoms. The average Bonchev–Trinajstić information content (AvgIpc) is 3.38. The number of carbonyl (C=O) groups excluding carboxylic acids is 9. The number of hydrogen-bond donors (Lipinski definition) is 15. The molecule has 79 heavy (non-hydrogen) atoms. The van der Waals surface area contributed by atoms with Crippen molar-refractivity contribution in [1.29, 1.82) is 0 Å². The third kappa shape index (κ3) is 27.5. The van der Waals surface area contributed by atoms with Crippen molar-refractivity contribution in [1.82, 2.24) is 47.9 Å². The fourth-order valence-corrected chi connectivity index (χ4v) is 8.75. The van der Waals surface area contributed by atoms with E-state index in [0.717, 1.165) is 0 Å². The van der Waals surface area contributed by atoms with Gasteiger partial charge in [0.25, 0.3) is 0 Å². The van der Waals surface area contributed by atoms with Crippen molar-refractivity contribution in [3.05, 3.63) is 35.9 Å². The highest BCUT2D eigenvalue weighted by molar-refractivity contribution is 7.98. The van der Waals surface area contributed by atoms with E-state index in [1.54, 1.807) is 50.4 Å². The fraction of sp³-hybridized carbons (Fsp3) is 0.698. The van der Waals surface area contributed by atoms with E-state index >= 15 is 0 Å². The van der Waals surface area contributed by atoms with Gasteiger partial charge in [0.1, 0.15) is 54.4 Å². The highest BCUT2D eigenvalue weighted by Crippen LogP contribution is 2.13. The van der Waals surface area contributed by atoms with E-state index in [-0.39, 0.29) is 56.2 Å². The summed E-state index contributed by atoms with van der Waals surface area (Å²) in [5, 5.41) is 43.8. The number of nitrogens with two attached hydrogens (primary N) is 3. The van der Waals surface area contributed by atoms with Crippen LogP contribution < -0.4 is 65.1 Å². The minimum atomic E-state index is -1.58. The summed E-state index contributed by atoms with van der Waals surface area (Å²) in [6.07, 6.45) is 3.12. The first-order valence-electron chi connectivity index (χ1n) is 27.1. The Kier molecular flexibility index (Phi) is 34.5. The Labute approximate surface area is 475 Å². The summed E-state index contributed by atoms with van der Waals surface area (Å²) in [6, 6.07) is -3.79. The number of carboxylic acid groups (broad SMARTS) is 1. The van der Waals surface area contributed by atoms with Crippen LogP contribution in [0, 0.1) is 17.8 Å². The van der Waals surface area contributed by atoms with Gasteiger partial charge in [-0.3, -0.25) is 43.2 Å². The molecule has 448 valence electrons. The number of amides is 9. The highest BCUT2D eigenvalue weighted by atomic mass is 32.2. The molecule has 0 aliphatic rings. The number of aliphatic hydroxyl groups excluding tert-OH is 1. The van der Waals surface area contributed by atoms with E-state index in [4.69, 9.17) is 17.2 Å². The molecular formula is C53H92N12O12S2. The van der Waals surface area contributed by atoms with Crippen molar-refractivity contribution in [2.45, 2.75) is 186 Å². The fourth-order valence-electron chi connectivity index (χ4n) is 8.03. The first kappa shape index (κ1) is 71.5. The van der Waals surface area contributed by atoms with Crippen molar-refractivity contribution in [3.8, 4) is 0 Å². The van der Waals surface area contributed by atoms with Crippen molar-refractivity contribution < 1.29 is 58.2 Å². The zero-order valence-corrected chi connectivity index (χ0v) is 49.1. The first-order valence-corrected chi connectivity index (χ1v) is 29.2. The summed E-state index contributed by atoms with van der Waals surface area (Å²) in [5.74, 6) is -8.73. The molecule has 1 rings (SSSR count). The summed E-state index contributed by atoms with van der Waals surface area (Å²) in [4.78, 5) is 136. The number of carboxylic acids is 1. The van der Waals surface area contributed by atoms with Crippen molar-refractivity contribution in [2.75, 3.05) is 30.9 Å². The molecule has 24 nitrogen and oxygen atoms in total. The lowest BCUT2D eigenvalue weighted by atomic mass is 9.99. The molecule has 26 heteroatoms. The predicted octanol–water partition coefficient (Wildman–Crippen LogP) is -0.906. The molecule has 0 unspecified atom stereocenters. The normalized spacial score (nSPS) is 15.6. The minimum Gasteiger partial charge on any atom is -0.480 e. The molecule has 0 aliphatic heterocycles. The number of nitrogens with one attached hydrogen (secondary N) is 9. The maximum absolute atomic E-state index is 14.1. The molecule has 1 aromatic rings. The molecule has 9 amide bonds. The smallest absolute Gasteiger partial charge is 0.326 e. The van der Waals surface area contributed by atoms with Crippen molar-refractivity contribution in [2.24, 2.45) is 35.0 Å². The van der Waals surface area contributed by atoms with Crippen LogP contribution >= 0.6 is 24.4 Å². The zero-order chi connectivity index (χ0) is 59.9. The van der Waals surface area contributed by atoms with Crippen LogP contribution in [0.4, 0.5) is 0 Å². The van der Waals surface area contributed by atoms with Gasteiger partial charge in [-0.05, 0) is 114 Å². The molecule has 0 radical (unpaired) electrons. The molecule has 0 saturated carbocycles. The Morgan fingerprint density at radius 1 is 0.519 bits per heavy atom. The second-order valence-electron chi connectivity index (χ2n) is 21.0. The number of benzene rings is 1. The van der Waals surface area contributed by atoms with Gasteiger partial charge in [0, 0.05) is 12.2 Å². The Balaban J connectivity index is 3.35. The van der Waals surface area contributed by atoms with E-state index < -0.39 is 132 Å². The maximum atomic E-state index is 14.1. The third-order valence-electron chi connectivity index (χ3n) is 12.6. The molecule has 0 saturated heterocycles. The maximum Gasteiger partial charge on any atom is 0.326 e. The summed E-state index contributed by atoms with van der Waals surface area (Å²) in [5.41, 5.74) is 18.0. The van der Waals surface area contributed by atoms with Crippen LogP contribution in [0.15, 0.2) is 30.3 Å². The van der Waals surface area contributed by atoms with Crippen LogP contribution in [-0.4, -0.2) is 167 Å². The molecule has 11 atom stereocenters. The minimum absolute atomic E-state index is 0.0416. The summed E-state index contributed by atoms with van der Waals surface area (Å²) >= 11 is 5.71. The van der Waals surface area contributed by atoms with Gasteiger partial charge in [-0.15, -0.1) is 0 Å². The van der Waals surface area contributed by atoms with Gasteiger partial charge in [-0.2, -0.15) is 24.4 Å². The van der Waals surface area contributed by atoms with Crippen LogP contribution in [0.5, 0.6) is 0 Å². The van der Waals surface area contributed by atoms with Crippen LogP contribution in [0.3, 0.4) is 0 Å². The monoisotopic (exact) mass is 1150 g/mol. The van der Waals surface area contributed by atoms with Crippen LogP contribution in [0.2, 0.25) is 0 Å². The molecule has 0 heterocycles. The number of unbranched alkanes of at least 4 members (excludes halogenated alkanes) is 2. The average molecular weight is 1150 g/mol. The van der Waals surface area contributed by atoms with Crippen LogP contribution in [0.1, 0.15) is 119 Å². The molecule has 0 aliphatic carbocycles. The topological polar surface area (TPSA) is 397 Å². The lowest BCUT2D eigenvalue weighted by molar-refractivity contribution is -0.143. The molecule has 17 N–H and O–H groups in total. The second-order valence-corrected chi connectivity index (χ2v) is 22.3. The van der Waals surface area contributed by atoms with E-state index in [1.807, 2.05) is 27.7 Å². The summed E-state index contributed by atoms with van der Waals surface area (Å²) in [6.45, 7) is 13.9. The Morgan fingerprint density at radius 3 is 1.48 bits per heavy atom. The SMILES string of the molecule is CSCC[C@H](NC(=O)[C@H](C)NC(=O)[C@H](NC(=O)[C@@H](NC(=O)[C@@H](N)CCCCN)C(C)C)[C@H](C)O)C(=O)N[C@@H](CCCCN)C(=O)N[C@@H](CS)C(=O)N[C@@H](Cc1ccccc1)C(=O)N[C@@H](CC(C)C)C(=O)N[C@@H](CC(C)C)C(=O)O. The standard InChI is InChI=1S/C53H92N12O12S2/c1-29(2)25-38(48(71)62-40(53(76)77)26-30(3)4)60-49(72)39(27-34-17-11-10-12-18-34)61-50(73)41(28-78)63-46(69)36(20-14-16-23-55)59-47(70)37(21-24-79-9)58-44(67)32(7)57-52(75)43(33(8)66)65-51(74)42(31(5)6)64-45(68)35(56)19-13-15-22-54/h10-12,17-18,29-33,35-43,66,78H,13-16,19-28,54-56H2,1-9H3,(H,57,75)(H,58,67)(H,59,70)(H,60,72)(H,61,73)(H,62,71)(H,63,69)(H,64,68)(H,65,74)(H,76,77)/t32-,33-,35-,36-,37-,38-,39-,40-,41-,42-,43+/m0/s1. The molecular weight excluding hydrogens is 1060 g/mol. The Morgan fingerprint density at radius 2 is 0.962 bits per heavy atom. The first-order chi connectivity index (χ1) is 37.2. The lowest BCUT2D eigenvalue weighted by Crippen LogP contribution is -2.62. The highest BCUT2D eigenvalue weighted by Gasteiger charge is 2.36. The van der Waals surface area contributed by atoms with Gasteiger partial charge in [0.05, 0.1) is 12.1 Å². The number of aliphatic carboxylic acids is 1. The Hall–Kier alpha value is -5.54. The number of carbonyl (C=O) groups is 10.